The second kappa shape index (κ2) is 10.0. The Bertz CT molecular complexity index is 1020. The Labute approximate surface area is 187 Å². The van der Waals surface area contributed by atoms with Crippen LogP contribution in [-0.2, 0) is 21.2 Å². The van der Waals surface area contributed by atoms with Crippen molar-refractivity contribution in [1.82, 2.24) is 4.31 Å². The van der Waals surface area contributed by atoms with Crippen molar-refractivity contribution >= 4 is 44.8 Å². The average molecular weight is 471 g/mol. The molecule has 2 aromatic carbocycles. The zero-order valence-electron chi connectivity index (χ0n) is 16.7. The fourth-order valence-electron chi connectivity index (χ4n) is 3.35. The van der Waals surface area contributed by atoms with Crippen LogP contribution in [0.5, 0.6) is 5.75 Å². The Balaban J connectivity index is 1.82. The molecule has 162 valence electrons. The van der Waals surface area contributed by atoms with Crippen LogP contribution in [0, 0.1) is 0 Å². The number of sulfonamides is 1. The molecule has 2 aromatic rings. The fraction of sp³-hybridized carbons (Fsp3) is 0.381. The highest BCUT2D eigenvalue weighted by Crippen LogP contribution is 2.31. The maximum atomic E-state index is 13.2. The summed E-state index contributed by atoms with van der Waals surface area (Å²) in [6.07, 6.45) is 2.78. The third kappa shape index (κ3) is 5.46. The molecule has 6 nitrogen and oxygen atoms in total. The van der Waals surface area contributed by atoms with Gasteiger partial charge in [0.1, 0.15) is 10.6 Å². The Morgan fingerprint density at radius 3 is 2.47 bits per heavy atom. The molecule has 0 aromatic heterocycles. The molecular formula is C21H24Cl2N2O4S. The second-order valence-corrected chi connectivity index (χ2v) is 9.75. The van der Waals surface area contributed by atoms with E-state index in [4.69, 9.17) is 27.9 Å². The number of nitrogens with one attached hydrogen (secondary N) is 1. The van der Waals surface area contributed by atoms with E-state index in [9.17, 15) is 13.2 Å². The maximum absolute atomic E-state index is 13.2. The molecular weight excluding hydrogens is 447 g/mol. The van der Waals surface area contributed by atoms with Crippen LogP contribution >= 0.6 is 23.2 Å². The maximum Gasteiger partial charge on any atom is 0.246 e. The van der Waals surface area contributed by atoms with E-state index in [0.717, 1.165) is 19.3 Å². The number of hydrogen-bond donors (Lipinski definition) is 1. The van der Waals surface area contributed by atoms with Gasteiger partial charge in [-0.2, -0.15) is 4.31 Å². The zero-order chi connectivity index (χ0) is 21.7. The van der Waals surface area contributed by atoms with Gasteiger partial charge in [-0.15, -0.1) is 0 Å². The van der Waals surface area contributed by atoms with Crippen molar-refractivity contribution in [2.24, 2.45) is 0 Å². The van der Waals surface area contributed by atoms with Gasteiger partial charge in [-0.25, -0.2) is 8.42 Å². The van der Waals surface area contributed by atoms with Crippen molar-refractivity contribution in [2.45, 2.75) is 37.5 Å². The summed E-state index contributed by atoms with van der Waals surface area (Å²) in [7, 11) is -3.72. The van der Waals surface area contributed by atoms with Gasteiger partial charge in [0.2, 0.25) is 15.9 Å². The first-order chi connectivity index (χ1) is 14.3. The van der Waals surface area contributed by atoms with Crippen molar-refractivity contribution in [3.05, 3.63) is 52.0 Å². The van der Waals surface area contributed by atoms with Crippen molar-refractivity contribution in [2.75, 3.05) is 25.0 Å². The van der Waals surface area contributed by atoms with Gasteiger partial charge in [0.25, 0.3) is 0 Å². The molecule has 0 spiro atoms. The number of hydrogen-bond acceptors (Lipinski definition) is 4. The van der Waals surface area contributed by atoms with Gasteiger partial charge < -0.3 is 10.1 Å². The molecule has 0 aliphatic carbocycles. The summed E-state index contributed by atoms with van der Waals surface area (Å²) in [5, 5.41) is 3.55. The van der Waals surface area contributed by atoms with Crippen molar-refractivity contribution in [3.8, 4) is 5.75 Å². The summed E-state index contributed by atoms with van der Waals surface area (Å²) >= 11 is 11.9. The monoisotopic (exact) mass is 470 g/mol. The summed E-state index contributed by atoms with van der Waals surface area (Å²) < 4.78 is 33.4. The highest BCUT2D eigenvalue weighted by molar-refractivity contribution is 7.89. The average Bonchev–Trinajstić information content (AvgIpc) is 2.72. The third-order valence-corrected chi connectivity index (χ3v) is 7.47. The van der Waals surface area contributed by atoms with E-state index in [1.54, 1.807) is 37.3 Å². The summed E-state index contributed by atoms with van der Waals surface area (Å²) in [5.74, 6) is -0.00979. The number of benzene rings is 2. The summed E-state index contributed by atoms with van der Waals surface area (Å²) in [4.78, 5) is 12.5. The van der Waals surface area contributed by atoms with Crippen LogP contribution in [-0.4, -0.2) is 38.3 Å². The third-order valence-electron chi connectivity index (χ3n) is 4.81. The van der Waals surface area contributed by atoms with Crippen molar-refractivity contribution in [1.29, 1.82) is 0 Å². The smallest absolute Gasteiger partial charge is 0.246 e. The molecule has 0 unspecified atom stereocenters. The zero-order valence-corrected chi connectivity index (χ0v) is 19.0. The highest BCUT2D eigenvalue weighted by Gasteiger charge is 2.29. The summed E-state index contributed by atoms with van der Waals surface area (Å²) in [5.41, 5.74) is 1.09. The van der Waals surface area contributed by atoms with E-state index in [-0.39, 0.29) is 23.0 Å². The number of ether oxygens (including phenoxy) is 1. The van der Waals surface area contributed by atoms with Gasteiger partial charge in [-0.1, -0.05) is 35.7 Å². The number of anilines is 1. The normalized spacial score (nSPS) is 15.0. The lowest BCUT2D eigenvalue weighted by molar-refractivity contribution is -0.115. The minimum atomic E-state index is -3.72. The molecule has 1 heterocycles. The summed E-state index contributed by atoms with van der Waals surface area (Å²) in [6.45, 7) is 3.11. The van der Waals surface area contributed by atoms with Crippen LogP contribution in [0.25, 0.3) is 0 Å². The molecule has 9 heteroatoms. The molecule has 0 saturated carbocycles. The van der Waals surface area contributed by atoms with Gasteiger partial charge in [0, 0.05) is 18.8 Å². The van der Waals surface area contributed by atoms with Gasteiger partial charge in [0.15, 0.2) is 0 Å². The van der Waals surface area contributed by atoms with E-state index in [1.807, 2.05) is 0 Å². The first-order valence-electron chi connectivity index (χ1n) is 9.82. The molecule has 1 aliphatic rings. The number of piperidine rings is 1. The minimum Gasteiger partial charge on any atom is -0.492 e. The van der Waals surface area contributed by atoms with E-state index in [0.29, 0.717) is 41.0 Å². The van der Waals surface area contributed by atoms with Crippen molar-refractivity contribution < 1.29 is 17.9 Å². The van der Waals surface area contributed by atoms with E-state index in [1.165, 1.54) is 10.4 Å². The number of nitrogens with zero attached hydrogens (tertiary/aromatic N) is 1. The Hall–Kier alpha value is -1.80. The minimum absolute atomic E-state index is 0.0681. The molecule has 1 saturated heterocycles. The van der Waals surface area contributed by atoms with Crippen LogP contribution in [0.1, 0.15) is 31.7 Å². The van der Waals surface area contributed by atoms with Crippen LogP contribution in [0.3, 0.4) is 0 Å². The first kappa shape index (κ1) is 22.9. The van der Waals surface area contributed by atoms with Gasteiger partial charge in [-0.05, 0) is 55.7 Å². The molecule has 0 radical (unpaired) electrons. The van der Waals surface area contributed by atoms with Crippen molar-refractivity contribution in [3.63, 3.8) is 0 Å². The number of halogens is 2. The number of carbonyl (C=O) groups is 1. The standard InChI is InChI=1S/C21H24Cl2N2O4S/c1-2-29-19-9-7-16(14-20(19)30(27,28)25-10-4-3-5-11-25)24-21(26)13-15-6-8-17(22)18(23)12-15/h6-9,12,14H,2-5,10-11,13H2,1H3,(H,24,26). The van der Waals surface area contributed by atoms with Gasteiger partial charge >= 0.3 is 0 Å². The number of rotatable bonds is 7. The molecule has 0 bridgehead atoms. The second-order valence-electron chi connectivity index (χ2n) is 7.03. The topological polar surface area (TPSA) is 75.7 Å². The van der Waals surface area contributed by atoms with Crippen LogP contribution in [0.15, 0.2) is 41.3 Å². The number of amides is 1. The molecule has 3 rings (SSSR count). The van der Waals surface area contributed by atoms with Crippen LogP contribution < -0.4 is 10.1 Å². The molecule has 1 aliphatic heterocycles. The molecule has 1 amide bonds. The Morgan fingerprint density at radius 2 is 1.80 bits per heavy atom. The van der Waals surface area contributed by atoms with E-state index < -0.39 is 10.0 Å². The molecule has 0 atom stereocenters. The van der Waals surface area contributed by atoms with Crippen LogP contribution in [0.2, 0.25) is 10.0 Å². The molecule has 30 heavy (non-hydrogen) atoms. The predicted molar refractivity (Wildman–Crippen MR) is 119 cm³/mol. The van der Waals surface area contributed by atoms with E-state index >= 15 is 0 Å². The predicted octanol–water partition coefficient (Wildman–Crippen LogP) is 4.75. The lowest BCUT2D eigenvalue weighted by Crippen LogP contribution is -2.35. The van der Waals surface area contributed by atoms with Gasteiger partial charge in [0.05, 0.1) is 23.1 Å². The Kier molecular flexibility index (Phi) is 7.63. The molecule has 1 N–H and O–H groups in total. The summed E-state index contributed by atoms with van der Waals surface area (Å²) in [6, 6.07) is 9.66. The van der Waals surface area contributed by atoms with E-state index in [2.05, 4.69) is 5.32 Å². The number of carbonyl (C=O) groups excluding carboxylic acids is 1. The lowest BCUT2D eigenvalue weighted by atomic mass is 10.1. The lowest BCUT2D eigenvalue weighted by Gasteiger charge is -2.27. The molecule has 1 fully saturated rings. The highest BCUT2D eigenvalue weighted by atomic mass is 35.5. The fourth-order valence-corrected chi connectivity index (χ4v) is 5.34. The van der Waals surface area contributed by atoms with Gasteiger partial charge in [-0.3, -0.25) is 4.79 Å². The largest absolute Gasteiger partial charge is 0.492 e. The SMILES string of the molecule is CCOc1ccc(NC(=O)Cc2ccc(Cl)c(Cl)c2)cc1S(=O)(=O)N1CCCCC1. The Morgan fingerprint density at radius 1 is 1.07 bits per heavy atom. The quantitative estimate of drug-likeness (QED) is 0.633. The first-order valence-corrected chi connectivity index (χ1v) is 12.0. The van der Waals surface area contributed by atoms with Crippen LogP contribution in [0.4, 0.5) is 5.69 Å².